The molecule has 98 valence electrons. The van der Waals surface area contributed by atoms with Gasteiger partial charge >= 0.3 is 6.09 Å². The summed E-state index contributed by atoms with van der Waals surface area (Å²) in [5.74, 6) is -0.900. The van der Waals surface area contributed by atoms with Crippen LogP contribution in [0, 0.1) is 5.21 Å². The Morgan fingerprint density at radius 2 is 1.89 bits per heavy atom. The smallest absolute Gasteiger partial charge is 0.426 e. The van der Waals surface area contributed by atoms with Gasteiger partial charge in [0.25, 0.3) is 5.91 Å². The highest BCUT2D eigenvalue weighted by Gasteiger charge is 2.17. The normalized spacial score (nSPS) is 10.7. The first kappa shape index (κ1) is 13.9. The first-order valence-electron chi connectivity index (χ1n) is 5.21. The van der Waals surface area contributed by atoms with Crippen LogP contribution in [0.1, 0.15) is 31.1 Å². The number of hydrogen-bond donors (Lipinski definition) is 1. The number of amides is 2. The Morgan fingerprint density at radius 3 is 2.39 bits per heavy atom. The van der Waals surface area contributed by atoms with E-state index in [2.05, 4.69) is 4.98 Å². The third kappa shape index (κ3) is 4.38. The lowest BCUT2D eigenvalue weighted by atomic mass is 10.2. The van der Waals surface area contributed by atoms with Crippen LogP contribution in [0.15, 0.2) is 24.5 Å². The Morgan fingerprint density at radius 1 is 1.33 bits per heavy atom. The van der Waals surface area contributed by atoms with E-state index in [-0.39, 0.29) is 10.7 Å². The van der Waals surface area contributed by atoms with E-state index in [9.17, 15) is 14.8 Å². The molecule has 7 heteroatoms. The van der Waals surface area contributed by atoms with Crippen LogP contribution in [-0.4, -0.2) is 27.8 Å². The Kier molecular flexibility index (Phi) is 4.22. The summed E-state index contributed by atoms with van der Waals surface area (Å²) in [6.45, 7) is 4.94. The van der Waals surface area contributed by atoms with Gasteiger partial charge < -0.3 is 15.1 Å². The third-order valence-electron chi connectivity index (χ3n) is 1.70. The number of carbonyl (C=O) groups excluding carboxylic acids is 2. The molecular formula is C11H14N3O4-. The average molecular weight is 252 g/mol. The van der Waals surface area contributed by atoms with Crippen molar-refractivity contribution in [3.63, 3.8) is 0 Å². The van der Waals surface area contributed by atoms with Crippen LogP contribution in [0.2, 0.25) is 0 Å². The van der Waals surface area contributed by atoms with Crippen LogP contribution in [0.5, 0.6) is 0 Å². The quantitative estimate of drug-likeness (QED) is 0.763. The minimum atomic E-state index is -0.986. The van der Waals surface area contributed by atoms with Crippen molar-refractivity contribution in [2.24, 2.45) is 0 Å². The second kappa shape index (κ2) is 5.46. The summed E-state index contributed by atoms with van der Waals surface area (Å²) >= 11 is 0. The fourth-order valence-corrected chi connectivity index (χ4v) is 1.05. The number of hydroxylamine groups is 1. The minimum Gasteiger partial charge on any atom is -0.736 e. The van der Waals surface area contributed by atoms with E-state index in [1.165, 1.54) is 24.5 Å². The lowest BCUT2D eigenvalue weighted by molar-refractivity contribution is 0.0362. The maximum absolute atomic E-state index is 11.6. The number of nitrogens with one attached hydrogen (secondary N) is 1. The SMILES string of the molecule is CC(C)(C)OC(=O)NN([O-])C(=O)c1ccncc1. The van der Waals surface area contributed by atoms with Gasteiger partial charge in [-0.25, -0.2) is 10.2 Å². The van der Waals surface area contributed by atoms with E-state index in [1.807, 2.05) is 0 Å². The van der Waals surface area contributed by atoms with Crippen molar-refractivity contribution in [3.05, 3.63) is 35.3 Å². The zero-order chi connectivity index (χ0) is 13.8. The number of rotatable bonds is 1. The van der Waals surface area contributed by atoms with E-state index in [0.29, 0.717) is 0 Å². The van der Waals surface area contributed by atoms with Gasteiger partial charge in [-0.3, -0.25) is 9.78 Å². The molecule has 1 heterocycles. The molecule has 0 fully saturated rings. The molecule has 0 saturated carbocycles. The highest BCUT2D eigenvalue weighted by Crippen LogP contribution is 2.07. The largest absolute Gasteiger partial charge is 0.736 e. The maximum Gasteiger partial charge on any atom is 0.426 e. The van der Waals surface area contributed by atoms with E-state index >= 15 is 0 Å². The fraction of sp³-hybridized carbons (Fsp3) is 0.364. The third-order valence-corrected chi connectivity index (χ3v) is 1.70. The lowest BCUT2D eigenvalue weighted by Gasteiger charge is -2.29. The molecule has 0 aliphatic rings. The molecule has 1 rings (SSSR count). The second-order valence-electron chi connectivity index (χ2n) is 4.45. The molecule has 18 heavy (non-hydrogen) atoms. The highest BCUT2D eigenvalue weighted by atomic mass is 16.6. The van der Waals surface area contributed by atoms with Crippen molar-refractivity contribution < 1.29 is 14.3 Å². The Balaban J connectivity index is 2.59. The van der Waals surface area contributed by atoms with Gasteiger partial charge in [0.1, 0.15) is 5.60 Å². The van der Waals surface area contributed by atoms with E-state index in [1.54, 1.807) is 26.2 Å². The standard InChI is InChI=1S/C11H14N3O4/c1-11(2,3)18-10(16)13-14(17)9(15)8-4-6-12-7-5-8/h4-7H,1-3H3,(H,13,16)/q-1. The van der Waals surface area contributed by atoms with Crippen molar-refractivity contribution in [3.8, 4) is 0 Å². The monoisotopic (exact) mass is 252 g/mol. The van der Waals surface area contributed by atoms with E-state index in [4.69, 9.17) is 4.74 Å². The Bertz CT molecular complexity index is 428. The molecule has 0 saturated heterocycles. The first-order valence-corrected chi connectivity index (χ1v) is 5.21. The van der Waals surface area contributed by atoms with Gasteiger partial charge in [0.15, 0.2) is 0 Å². The number of hydrazine groups is 1. The number of ether oxygens (including phenoxy) is 1. The van der Waals surface area contributed by atoms with Crippen LogP contribution in [0.3, 0.4) is 0 Å². The molecule has 2 amide bonds. The fourth-order valence-electron chi connectivity index (χ4n) is 1.05. The summed E-state index contributed by atoms with van der Waals surface area (Å²) in [6, 6.07) is 2.73. The molecule has 1 aromatic rings. The lowest BCUT2D eigenvalue weighted by Crippen LogP contribution is -2.44. The first-order chi connectivity index (χ1) is 8.29. The topological polar surface area (TPSA) is 94.6 Å². The molecule has 0 spiro atoms. The van der Waals surface area contributed by atoms with Crippen molar-refractivity contribution in [2.45, 2.75) is 26.4 Å². The van der Waals surface area contributed by atoms with Crippen molar-refractivity contribution in [1.29, 1.82) is 0 Å². The number of hydrogen-bond acceptors (Lipinski definition) is 5. The van der Waals surface area contributed by atoms with Gasteiger partial charge in [0.2, 0.25) is 0 Å². The van der Waals surface area contributed by atoms with Gasteiger partial charge in [-0.2, -0.15) is 0 Å². The molecule has 0 bridgehead atoms. The summed E-state index contributed by atoms with van der Waals surface area (Å²) < 4.78 is 4.84. The maximum atomic E-state index is 11.6. The molecule has 1 N–H and O–H groups in total. The van der Waals surface area contributed by atoms with E-state index < -0.39 is 17.6 Å². The molecule has 0 atom stereocenters. The van der Waals surface area contributed by atoms with Crippen LogP contribution < -0.4 is 5.43 Å². The van der Waals surface area contributed by atoms with Gasteiger partial charge in [-0.15, -0.1) is 0 Å². The van der Waals surface area contributed by atoms with Crippen molar-refractivity contribution >= 4 is 12.0 Å². The van der Waals surface area contributed by atoms with Crippen LogP contribution >= 0.6 is 0 Å². The minimum absolute atomic E-state index is 0.121. The van der Waals surface area contributed by atoms with Gasteiger partial charge in [0.05, 0.1) is 0 Å². The predicted molar refractivity (Wildman–Crippen MR) is 63.1 cm³/mol. The summed E-state index contributed by atoms with van der Waals surface area (Å²) in [7, 11) is 0. The predicted octanol–water partition coefficient (Wildman–Crippen LogP) is 1.46. The number of aromatic nitrogens is 1. The number of pyridine rings is 1. The second-order valence-corrected chi connectivity index (χ2v) is 4.45. The molecule has 0 aromatic carbocycles. The van der Waals surface area contributed by atoms with Gasteiger partial charge in [-0.05, 0) is 32.9 Å². The molecule has 0 aliphatic carbocycles. The van der Waals surface area contributed by atoms with Gasteiger partial charge in [0, 0.05) is 18.0 Å². The summed E-state index contributed by atoms with van der Waals surface area (Å²) in [6.07, 6.45) is 1.75. The molecule has 1 aromatic heterocycles. The average Bonchev–Trinajstić information content (AvgIpc) is 2.26. The Labute approximate surface area is 104 Å². The van der Waals surface area contributed by atoms with Crippen LogP contribution in [0.25, 0.3) is 0 Å². The zero-order valence-electron chi connectivity index (χ0n) is 10.3. The molecule has 7 nitrogen and oxygen atoms in total. The van der Waals surface area contributed by atoms with E-state index in [0.717, 1.165) is 0 Å². The summed E-state index contributed by atoms with van der Waals surface area (Å²) in [4.78, 5) is 26.5. The highest BCUT2D eigenvalue weighted by molar-refractivity contribution is 5.95. The Hall–Kier alpha value is -2.15. The summed E-state index contributed by atoms with van der Waals surface area (Å²) in [5.41, 5.74) is 1.16. The molecule has 0 radical (unpaired) electrons. The number of carbonyl (C=O) groups is 2. The van der Waals surface area contributed by atoms with Gasteiger partial charge in [-0.1, -0.05) is 0 Å². The van der Waals surface area contributed by atoms with Crippen molar-refractivity contribution in [1.82, 2.24) is 15.6 Å². The van der Waals surface area contributed by atoms with Crippen LogP contribution in [0.4, 0.5) is 4.79 Å². The molecule has 0 aliphatic heterocycles. The molecular weight excluding hydrogens is 238 g/mol. The van der Waals surface area contributed by atoms with Crippen molar-refractivity contribution in [2.75, 3.05) is 0 Å². The zero-order valence-corrected chi connectivity index (χ0v) is 10.3. The summed E-state index contributed by atoms with van der Waals surface area (Å²) in [5, 5.41) is 11.2. The molecule has 0 unspecified atom stereocenters. The van der Waals surface area contributed by atoms with Crippen LogP contribution in [-0.2, 0) is 4.74 Å². The number of nitrogens with zero attached hydrogens (tertiary/aromatic N) is 2.